The van der Waals surface area contributed by atoms with Crippen molar-refractivity contribution in [1.29, 1.82) is 0 Å². The maximum atomic E-state index is 4.15. The molecule has 0 radical (unpaired) electrons. The van der Waals surface area contributed by atoms with Crippen molar-refractivity contribution in [2.75, 3.05) is 0 Å². The molecule has 0 bridgehead atoms. The number of fused-ring (bicyclic) bond motifs is 1. The lowest BCUT2D eigenvalue weighted by Crippen LogP contribution is -1.92. The molecule has 0 saturated heterocycles. The van der Waals surface area contributed by atoms with E-state index in [2.05, 4.69) is 10.2 Å². The van der Waals surface area contributed by atoms with Gasteiger partial charge >= 0.3 is 0 Å². The molecule has 14 heavy (non-hydrogen) atoms. The molecule has 2 rings (SSSR count). The minimum absolute atomic E-state index is 1.20. The lowest BCUT2D eigenvalue weighted by Gasteiger charge is -2.00. The fourth-order valence-electron chi connectivity index (χ4n) is 2.27. The maximum absolute atomic E-state index is 4.15. The second kappa shape index (κ2) is 5.18. The largest absolute Gasteiger partial charge is 0.282 e. The number of hydrogen-bond acceptors (Lipinski definition) is 1. The molecule has 1 aliphatic rings. The van der Waals surface area contributed by atoms with Gasteiger partial charge in [-0.25, -0.2) is 0 Å². The third-order valence-electron chi connectivity index (χ3n) is 3.18. The molecule has 1 aliphatic carbocycles. The summed E-state index contributed by atoms with van der Waals surface area (Å²) in [6, 6.07) is 0. The number of rotatable bonds is 0. The normalized spacial score (nSPS) is 19.7. The summed E-state index contributed by atoms with van der Waals surface area (Å²) in [5.41, 5.74) is 2.86. The van der Waals surface area contributed by atoms with Crippen molar-refractivity contribution in [3.8, 4) is 0 Å². The summed E-state index contributed by atoms with van der Waals surface area (Å²) in [5.74, 6) is 0. The average Bonchev–Trinajstić information content (AvgIpc) is 2.61. The lowest BCUT2D eigenvalue weighted by molar-refractivity contribution is 0.586. The number of H-pyrrole nitrogens is 1. The minimum atomic E-state index is 1.20. The van der Waals surface area contributed by atoms with Gasteiger partial charge in [0.05, 0.1) is 6.20 Å². The minimum Gasteiger partial charge on any atom is -0.282 e. The standard InChI is InChI=1S/C12H20N2/c1-2-4-6-8-11-10-13-14-12(11)9-7-5-3-1/h10H,1-9H2,(H,13,14). The van der Waals surface area contributed by atoms with Gasteiger partial charge in [-0.15, -0.1) is 0 Å². The second-order valence-electron chi connectivity index (χ2n) is 4.35. The maximum Gasteiger partial charge on any atom is 0.0522 e. The van der Waals surface area contributed by atoms with Gasteiger partial charge in [-0.3, -0.25) is 5.10 Å². The molecule has 0 amide bonds. The molecule has 0 unspecified atom stereocenters. The smallest absolute Gasteiger partial charge is 0.0522 e. The summed E-state index contributed by atoms with van der Waals surface area (Å²) >= 11 is 0. The zero-order valence-electron chi connectivity index (χ0n) is 8.89. The van der Waals surface area contributed by atoms with E-state index in [9.17, 15) is 0 Å². The van der Waals surface area contributed by atoms with E-state index in [-0.39, 0.29) is 0 Å². The molecule has 2 heteroatoms. The van der Waals surface area contributed by atoms with Gasteiger partial charge in [0.2, 0.25) is 0 Å². The summed E-state index contributed by atoms with van der Waals surface area (Å²) < 4.78 is 0. The van der Waals surface area contributed by atoms with E-state index in [1.807, 2.05) is 6.20 Å². The molecular weight excluding hydrogens is 172 g/mol. The van der Waals surface area contributed by atoms with E-state index < -0.39 is 0 Å². The van der Waals surface area contributed by atoms with Gasteiger partial charge in [-0.1, -0.05) is 32.1 Å². The Kier molecular flexibility index (Phi) is 3.61. The van der Waals surface area contributed by atoms with E-state index >= 15 is 0 Å². The van der Waals surface area contributed by atoms with Crippen LogP contribution in [0.5, 0.6) is 0 Å². The number of aryl methyl sites for hydroxylation is 2. The third-order valence-corrected chi connectivity index (χ3v) is 3.18. The first-order valence-electron chi connectivity index (χ1n) is 5.98. The molecule has 1 N–H and O–H groups in total. The van der Waals surface area contributed by atoms with Gasteiger partial charge in [-0.2, -0.15) is 5.10 Å². The SMILES string of the molecule is c1n[nH]c2c1CCCCCCCCC2. The fraction of sp³-hybridized carbons (Fsp3) is 0.750. The van der Waals surface area contributed by atoms with E-state index in [1.54, 1.807) is 0 Å². The predicted octanol–water partition coefficient (Wildman–Crippen LogP) is 3.24. The fourth-order valence-corrected chi connectivity index (χ4v) is 2.27. The van der Waals surface area contributed by atoms with Gasteiger partial charge in [0.1, 0.15) is 0 Å². The topological polar surface area (TPSA) is 28.7 Å². The zero-order chi connectivity index (χ0) is 9.64. The highest BCUT2D eigenvalue weighted by molar-refractivity contribution is 5.16. The van der Waals surface area contributed by atoms with E-state index in [4.69, 9.17) is 0 Å². The monoisotopic (exact) mass is 192 g/mol. The van der Waals surface area contributed by atoms with Crippen LogP contribution >= 0.6 is 0 Å². The zero-order valence-corrected chi connectivity index (χ0v) is 8.89. The van der Waals surface area contributed by atoms with Gasteiger partial charge in [0.25, 0.3) is 0 Å². The van der Waals surface area contributed by atoms with Crippen LogP contribution in [-0.4, -0.2) is 10.2 Å². The lowest BCUT2D eigenvalue weighted by atomic mass is 10.1. The first-order chi connectivity index (χ1) is 6.97. The van der Waals surface area contributed by atoms with Crippen LogP contribution in [0, 0.1) is 0 Å². The van der Waals surface area contributed by atoms with Crippen LogP contribution in [0.25, 0.3) is 0 Å². The molecule has 0 saturated carbocycles. The Morgan fingerprint density at radius 3 is 2.29 bits per heavy atom. The number of nitrogens with one attached hydrogen (secondary N) is 1. The van der Waals surface area contributed by atoms with Crippen LogP contribution in [0.2, 0.25) is 0 Å². The molecule has 0 spiro atoms. The second-order valence-corrected chi connectivity index (χ2v) is 4.35. The third kappa shape index (κ3) is 2.60. The first-order valence-corrected chi connectivity index (χ1v) is 5.98. The van der Waals surface area contributed by atoms with E-state index in [0.717, 1.165) is 0 Å². The van der Waals surface area contributed by atoms with E-state index in [1.165, 1.54) is 69.0 Å². The number of hydrogen-bond donors (Lipinski definition) is 1. The highest BCUT2D eigenvalue weighted by atomic mass is 15.1. The number of nitrogens with zero attached hydrogens (tertiary/aromatic N) is 1. The molecule has 0 fully saturated rings. The Hall–Kier alpha value is -0.790. The van der Waals surface area contributed by atoms with Gasteiger partial charge in [0, 0.05) is 5.69 Å². The van der Waals surface area contributed by atoms with Crippen molar-refractivity contribution < 1.29 is 0 Å². The van der Waals surface area contributed by atoms with Crippen LogP contribution < -0.4 is 0 Å². The number of aromatic nitrogens is 2. The Morgan fingerprint density at radius 1 is 0.857 bits per heavy atom. The first kappa shape index (κ1) is 9.75. The van der Waals surface area contributed by atoms with Crippen LogP contribution in [-0.2, 0) is 12.8 Å². The molecule has 1 heterocycles. The molecule has 0 aliphatic heterocycles. The Morgan fingerprint density at radius 2 is 1.50 bits per heavy atom. The van der Waals surface area contributed by atoms with Gasteiger partial charge < -0.3 is 0 Å². The Bertz CT molecular complexity index is 241. The van der Waals surface area contributed by atoms with Gasteiger partial charge in [-0.05, 0) is 31.2 Å². The highest BCUT2D eigenvalue weighted by Gasteiger charge is 2.05. The summed E-state index contributed by atoms with van der Waals surface area (Å²) in [7, 11) is 0. The van der Waals surface area contributed by atoms with Crippen molar-refractivity contribution in [1.82, 2.24) is 10.2 Å². The summed E-state index contributed by atoms with van der Waals surface area (Å²) in [6.07, 6.45) is 14.2. The molecule has 2 nitrogen and oxygen atoms in total. The van der Waals surface area contributed by atoms with E-state index in [0.29, 0.717) is 0 Å². The molecule has 78 valence electrons. The van der Waals surface area contributed by atoms with Crippen molar-refractivity contribution in [2.24, 2.45) is 0 Å². The average molecular weight is 192 g/mol. The van der Waals surface area contributed by atoms with Gasteiger partial charge in [0.15, 0.2) is 0 Å². The number of aromatic amines is 1. The van der Waals surface area contributed by atoms with Crippen LogP contribution in [0.3, 0.4) is 0 Å². The molecule has 1 aromatic heterocycles. The molecular formula is C12H20N2. The summed E-state index contributed by atoms with van der Waals surface area (Å²) in [5, 5.41) is 7.29. The molecule has 1 aromatic rings. The molecule has 0 aromatic carbocycles. The summed E-state index contributed by atoms with van der Waals surface area (Å²) in [6.45, 7) is 0. The van der Waals surface area contributed by atoms with Crippen molar-refractivity contribution in [3.63, 3.8) is 0 Å². The highest BCUT2D eigenvalue weighted by Crippen LogP contribution is 2.17. The van der Waals surface area contributed by atoms with Crippen molar-refractivity contribution in [3.05, 3.63) is 17.5 Å². The molecule has 0 atom stereocenters. The Labute approximate surface area is 86.1 Å². The van der Waals surface area contributed by atoms with Crippen LogP contribution in [0.15, 0.2) is 6.20 Å². The van der Waals surface area contributed by atoms with Crippen molar-refractivity contribution >= 4 is 0 Å². The quantitative estimate of drug-likeness (QED) is 0.671. The summed E-state index contributed by atoms with van der Waals surface area (Å²) in [4.78, 5) is 0. The predicted molar refractivity (Wildman–Crippen MR) is 58.3 cm³/mol. The van der Waals surface area contributed by atoms with Crippen LogP contribution in [0.1, 0.15) is 56.2 Å². The van der Waals surface area contributed by atoms with Crippen molar-refractivity contribution in [2.45, 2.75) is 57.8 Å². The Balaban J connectivity index is 1.97. The van der Waals surface area contributed by atoms with Crippen LogP contribution in [0.4, 0.5) is 0 Å².